The van der Waals surface area contributed by atoms with Crippen LogP contribution in [0.4, 0.5) is 0 Å². The average molecular weight is 262 g/mol. The summed E-state index contributed by atoms with van der Waals surface area (Å²) in [6.45, 7) is 6.12. The monoisotopic (exact) mass is 262 g/mol. The number of hydrogen-bond donors (Lipinski definition) is 1. The van der Waals surface area contributed by atoms with Gasteiger partial charge in [0.2, 0.25) is 0 Å². The number of nitrogens with two attached hydrogens (primary N) is 1. The Kier molecular flexibility index (Phi) is 4.82. The van der Waals surface area contributed by atoms with E-state index in [1.54, 1.807) is 0 Å². The highest BCUT2D eigenvalue weighted by atomic mass is 32.1. The zero-order chi connectivity index (χ0) is 13.0. The van der Waals surface area contributed by atoms with E-state index in [2.05, 4.69) is 42.0 Å². The van der Waals surface area contributed by atoms with E-state index in [0.29, 0.717) is 12.6 Å². The summed E-state index contributed by atoms with van der Waals surface area (Å²) < 4.78 is 0. The maximum Gasteiger partial charge on any atom is 0.0555 e. The van der Waals surface area contributed by atoms with Gasteiger partial charge in [-0.2, -0.15) is 0 Å². The Morgan fingerprint density at radius 3 is 3.06 bits per heavy atom. The molecule has 1 aromatic rings. The van der Waals surface area contributed by atoms with Gasteiger partial charge in [-0.15, -0.1) is 11.3 Å². The fraction of sp³-hybridized carbons (Fsp3) is 0.600. The van der Waals surface area contributed by atoms with Crippen molar-refractivity contribution in [3.8, 4) is 11.8 Å². The van der Waals surface area contributed by atoms with Crippen molar-refractivity contribution in [3.05, 3.63) is 21.9 Å². The molecule has 0 spiro atoms. The van der Waals surface area contributed by atoms with Crippen LogP contribution in [0.15, 0.2) is 11.4 Å². The first kappa shape index (κ1) is 13.6. The molecule has 2 unspecified atom stereocenters. The number of likely N-dealkylation sites (tertiary alicyclic amines) is 1. The highest BCUT2D eigenvalue weighted by molar-refractivity contribution is 7.10. The maximum atomic E-state index is 5.44. The zero-order valence-corrected chi connectivity index (χ0v) is 12.1. The van der Waals surface area contributed by atoms with E-state index in [1.165, 1.54) is 29.7 Å². The van der Waals surface area contributed by atoms with Crippen molar-refractivity contribution < 1.29 is 0 Å². The molecule has 1 aromatic heterocycles. The smallest absolute Gasteiger partial charge is 0.0555 e. The van der Waals surface area contributed by atoms with Gasteiger partial charge in [-0.05, 0) is 37.6 Å². The quantitative estimate of drug-likeness (QED) is 0.849. The van der Waals surface area contributed by atoms with Gasteiger partial charge in [0.25, 0.3) is 0 Å². The molecule has 0 amide bonds. The first-order valence-electron chi connectivity index (χ1n) is 6.77. The van der Waals surface area contributed by atoms with Gasteiger partial charge in [0.15, 0.2) is 0 Å². The van der Waals surface area contributed by atoms with Crippen LogP contribution < -0.4 is 5.73 Å². The summed E-state index contributed by atoms with van der Waals surface area (Å²) in [6, 6.07) is 3.56. The first-order chi connectivity index (χ1) is 8.76. The largest absolute Gasteiger partial charge is 0.320 e. The second-order valence-electron chi connectivity index (χ2n) is 4.92. The molecule has 1 saturated heterocycles. The minimum Gasteiger partial charge on any atom is -0.320 e. The lowest BCUT2D eigenvalue weighted by Gasteiger charge is -2.27. The third kappa shape index (κ3) is 2.95. The molecule has 1 fully saturated rings. The Labute approximate surface area is 114 Å². The Balaban J connectivity index is 2.11. The summed E-state index contributed by atoms with van der Waals surface area (Å²) >= 11 is 1.82. The summed E-state index contributed by atoms with van der Waals surface area (Å²) in [5.74, 6) is 6.14. The lowest BCUT2D eigenvalue weighted by Crippen LogP contribution is -2.33. The highest BCUT2D eigenvalue weighted by Crippen LogP contribution is 2.29. The maximum absolute atomic E-state index is 5.44. The molecule has 2 heterocycles. The Hall–Kier alpha value is -0.820. The van der Waals surface area contributed by atoms with Crippen molar-refractivity contribution in [3.63, 3.8) is 0 Å². The van der Waals surface area contributed by atoms with Crippen molar-refractivity contribution in [1.82, 2.24) is 4.90 Å². The summed E-state index contributed by atoms with van der Waals surface area (Å²) in [7, 11) is 0. The van der Waals surface area contributed by atoms with E-state index in [4.69, 9.17) is 5.73 Å². The average Bonchev–Trinajstić information content (AvgIpc) is 2.96. The molecule has 0 aromatic carbocycles. The second kappa shape index (κ2) is 6.38. The molecule has 1 aliphatic heterocycles. The molecule has 0 bridgehead atoms. The van der Waals surface area contributed by atoms with Crippen LogP contribution in [0.1, 0.15) is 43.6 Å². The normalized spacial score (nSPS) is 23.9. The number of nitrogens with zero attached hydrogens (tertiary/aromatic N) is 1. The summed E-state index contributed by atoms with van der Waals surface area (Å²) in [4.78, 5) is 4.03. The molecular formula is C15H22N2S. The molecule has 98 valence electrons. The molecule has 2 atom stereocenters. The standard InChI is InChI=1S/C15H22N2S/c1-3-14-7-6-12(2)17(14)11-15-13(5-4-9-16)8-10-18-15/h8,10,12,14H,3,6-7,9,11,16H2,1-2H3. The Morgan fingerprint density at radius 1 is 1.50 bits per heavy atom. The van der Waals surface area contributed by atoms with Crippen molar-refractivity contribution in [1.29, 1.82) is 0 Å². The van der Waals surface area contributed by atoms with Crippen molar-refractivity contribution in [2.45, 2.75) is 51.7 Å². The van der Waals surface area contributed by atoms with Crippen LogP contribution in [-0.2, 0) is 6.54 Å². The van der Waals surface area contributed by atoms with Gasteiger partial charge >= 0.3 is 0 Å². The van der Waals surface area contributed by atoms with Gasteiger partial charge in [-0.3, -0.25) is 4.90 Å². The lowest BCUT2D eigenvalue weighted by molar-refractivity contribution is 0.191. The number of rotatable bonds is 3. The Morgan fingerprint density at radius 2 is 2.33 bits per heavy atom. The summed E-state index contributed by atoms with van der Waals surface area (Å²) in [5, 5.41) is 2.14. The van der Waals surface area contributed by atoms with Gasteiger partial charge in [0.05, 0.1) is 6.54 Å². The number of hydrogen-bond acceptors (Lipinski definition) is 3. The van der Waals surface area contributed by atoms with E-state index in [0.717, 1.165) is 12.6 Å². The second-order valence-corrected chi connectivity index (χ2v) is 5.92. The van der Waals surface area contributed by atoms with Crippen LogP contribution in [0.5, 0.6) is 0 Å². The van der Waals surface area contributed by atoms with Crippen molar-refractivity contribution >= 4 is 11.3 Å². The molecule has 0 aliphatic carbocycles. The molecule has 2 rings (SSSR count). The summed E-state index contributed by atoms with van der Waals surface area (Å²) in [5.41, 5.74) is 6.61. The highest BCUT2D eigenvalue weighted by Gasteiger charge is 2.29. The third-order valence-corrected chi connectivity index (χ3v) is 4.73. The minimum absolute atomic E-state index is 0.437. The van der Waals surface area contributed by atoms with Crippen LogP contribution in [-0.4, -0.2) is 23.5 Å². The minimum atomic E-state index is 0.437. The van der Waals surface area contributed by atoms with Gasteiger partial charge in [-0.25, -0.2) is 0 Å². The lowest BCUT2D eigenvalue weighted by atomic mass is 10.1. The molecular weight excluding hydrogens is 240 g/mol. The molecule has 2 N–H and O–H groups in total. The van der Waals surface area contributed by atoms with Crippen LogP contribution in [0.2, 0.25) is 0 Å². The van der Waals surface area contributed by atoms with Gasteiger partial charge in [-0.1, -0.05) is 18.8 Å². The zero-order valence-electron chi connectivity index (χ0n) is 11.3. The van der Waals surface area contributed by atoms with Crippen LogP contribution in [0.25, 0.3) is 0 Å². The predicted molar refractivity (Wildman–Crippen MR) is 78.6 cm³/mol. The SMILES string of the molecule is CCC1CCC(C)N1Cc1sccc1C#CCN. The van der Waals surface area contributed by atoms with E-state index >= 15 is 0 Å². The van der Waals surface area contributed by atoms with Crippen molar-refractivity contribution in [2.75, 3.05) is 6.54 Å². The molecule has 2 nitrogen and oxygen atoms in total. The molecule has 0 saturated carbocycles. The predicted octanol–water partition coefficient (Wildman–Crippen LogP) is 2.82. The van der Waals surface area contributed by atoms with E-state index in [1.807, 2.05) is 11.3 Å². The number of thiophene rings is 1. The molecule has 3 heteroatoms. The van der Waals surface area contributed by atoms with Crippen LogP contribution in [0.3, 0.4) is 0 Å². The van der Waals surface area contributed by atoms with Crippen LogP contribution >= 0.6 is 11.3 Å². The first-order valence-corrected chi connectivity index (χ1v) is 7.65. The fourth-order valence-corrected chi connectivity index (χ4v) is 3.57. The van der Waals surface area contributed by atoms with Gasteiger partial charge < -0.3 is 5.73 Å². The molecule has 18 heavy (non-hydrogen) atoms. The van der Waals surface area contributed by atoms with Crippen molar-refractivity contribution in [2.24, 2.45) is 5.73 Å². The van der Waals surface area contributed by atoms with Gasteiger partial charge in [0.1, 0.15) is 0 Å². The third-order valence-electron chi connectivity index (χ3n) is 3.82. The van der Waals surface area contributed by atoms with Crippen LogP contribution in [0, 0.1) is 11.8 Å². The van der Waals surface area contributed by atoms with E-state index in [-0.39, 0.29) is 0 Å². The van der Waals surface area contributed by atoms with Gasteiger partial charge in [0, 0.05) is 29.1 Å². The van der Waals surface area contributed by atoms with E-state index in [9.17, 15) is 0 Å². The van der Waals surface area contributed by atoms with E-state index < -0.39 is 0 Å². The Bertz CT molecular complexity index is 441. The summed E-state index contributed by atoms with van der Waals surface area (Å²) in [6.07, 6.45) is 3.92. The topological polar surface area (TPSA) is 29.3 Å². The molecule has 0 radical (unpaired) electrons. The molecule has 1 aliphatic rings. The fourth-order valence-electron chi connectivity index (χ4n) is 2.74.